The second-order valence-electron chi connectivity index (χ2n) is 1.62. The summed E-state index contributed by atoms with van der Waals surface area (Å²) in [6.45, 7) is 13.2. The molecule has 0 radical (unpaired) electrons. The highest BCUT2D eigenvalue weighted by Crippen LogP contribution is 2.12. The Balaban J connectivity index is 0. The average molecular weight is 246 g/mol. The summed E-state index contributed by atoms with van der Waals surface area (Å²) in [5.41, 5.74) is 0. The number of allylic oxidation sites excluding steroid dienone is 4. The lowest BCUT2D eigenvalue weighted by molar-refractivity contribution is 1.94. The summed E-state index contributed by atoms with van der Waals surface area (Å²) in [7, 11) is 0. The largest absolute Gasteiger partial charge is 0.0834 e. The topological polar surface area (TPSA) is 0 Å². The zero-order valence-corrected chi connectivity index (χ0v) is 9.36. The number of hydrogen-bond acceptors (Lipinski definition) is 0. The van der Waals surface area contributed by atoms with Gasteiger partial charge in [0.25, 0.3) is 0 Å². The van der Waals surface area contributed by atoms with Crippen LogP contribution in [0.4, 0.5) is 0 Å². The molecule has 0 saturated heterocycles. The molecule has 0 amide bonds. The van der Waals surface area contributed by atoms with Gasteiger partial charge in [-0.05, 0) is 0 Å². The fraction of sp³-hybridized carbons (Fsp3) is 0. The van der Waals surface area contributed by atoms with Gasteiger partial charge >= 0.3 is 0 Å². The Labute approximate surface area is 92.8 Å². The van der Waals surface area contributed by atoms with E-state index in [1.54, 1.807) is 0 Å². The van der Waals surface area contributed by atoms with Crippen molar-refractivity contribution in [3.8, 4) is 0 Å². The number of halogens is 4. The van der Waals surface area contributed by atoms with Crippen LogP contribution < -0.4 is 0 Å². The maximum Gasteiger partial charge on any atom is 0.0514 e. The maximum atomic E-state index is 5.19. The molecule has 0 fully saturated rings. The van der Waals surface area contributed by atoms with Gasteiger partial charge in [0.15, 0.2) is 0 Å². The van der Waals surface area contributed by atoms with Gasteiger partial charge in [0, 0.05) is 0 Å². The van der Waals surface area contributed by atoms with Gasteiger partial charge in [0.1, 0.15) is 0 Å². The Morgan fingerprint density at radius 2 is 0.583 bits per heavy atom. The third-order valence-electron chi connectivity index (χ3n) is 0.589. The van der Waals surface area contributed by atoms with Crippen LogP contribution in [-0.2, 0) is 0 Å². The normalized spacial score (nSPS) is 7.67. The quantitative estimate of drug-likeness (QED) is 0.602. The first kappa shape index (κ1) is 14.6. The molecule has 12 heavy (non-hydrogen) atoms. The molecule has 0 atom stereocenters. The van der Waals surface area contributed by atoms with Crippen LogP contribution in [0.15, 0.2) is 46.4 Å². The Morgan fingerprint density at radius 3 is 0.583 bits per heavy atom. The van der Waals surface area contributed by atoms with Crippen molar-refractivity contribution in [1.82, 2.24) is 0 Å². The lowest BCUT2D eigenvalue weighted by Crippen LogP contribution is -1.57. The molecular formula is C8H8Cl4. The van der Waals surface area contributed by atoms with Gasteiger partial charge in [-0.2, -0.15) is 0 Å². The van der Waals surface area contributed by atoms with E-state index in [1.807, 2.05) is 0 Å². The number of hydrogen-bond donors (Lipinski definition) is 0. The van der Waals surface area contributed by atoms with Crippen molar-refractivity contribution >= 4 is 46.4 Å². The van der Waals surface area contributed by atoms with Crippen molar-refractivity contribution in [2.75, 3.05) is 0 Å². The second kappa shape index (κ2) is 7.75. The lowest BCUT2D eigenvalue weighted by Gasteiger charge is -1.81. The first-order chi connectivity index (χ1) is 5.29. The molecule has 0 rings (SSSR count). The molecule has 4 heteroatoms. The summed E-state index contributed by atoms with van der Waals surface area (Å²) in [5, 5.41) is 1.21. The third kappa shape index (κ3) is 12.8. The summed E-state index contributed by atoms with van der Waals surface area (Å²) in [6, 6.07) is 0. The first-order valence-corrected chi connectivity index (χ1v) is 4.18. The molecular weight excluding hydrogens is 238 g/mol. The molecule has 0 saturated carbocycles. The summed E-state index contributed by atoms with van der Waals surface area (Å²) in [5.74, 6) is 0. The highest BCUT2D eigenvalue weighted by Gasteiger charge is 1.84. The van der Waals surface area contributed by atoms with Crippen molar-refractivity contribution in [3.05, 3.63) is 46.4 Å². The van der Waals surface area contributed by atoms with Gasteiger partial charge in [-0.3, -0.25) is 0 Å². The van der Waals surface area contributed by atoms with Gasteiger partial charge in [0.2, 0.25) is 0 Å². The van der Waals surface area contributed by atoms with Crippen LogP contribution in [0, 0.1) is 0 Å². The fourth-order valence-corrected chi connectivity index (χ4v) is 0. The molecule has 68 valence electrons. The van der Waals surface area contributed by atoms with E-state index in [2.05, 4.69) is 26.3 Å². The summed E-state index contributed by atoms with van der Waals surface area (Å²) in [4.78, 5) is 0. The lowest BCUT2D eigenvalue weighted by atomic mass is 10.6. The van der Waals surface area contributed by atoms with E-state index in [1.165, 1.54) is 0 Å². The van der Waals surface area contributed by atoms with Crippen molar-refractivity contribution in [3.63, 3.8) is 0 Å². The summed E-state index contributed by atoms with van der Waals surface area (Å²) >= 11 is 20.7. The van der Waals surface area contributed by atoms with Crippen molar-refractivity contribution in [2.24, 2.45) is 0 Å². The second-order valence-corrected chi connectivity index (χ2v) is 3.44. The zero-order valence-electron chi connectivity index (χ0n) is 6.34. The molecule has 0 unspecified atom stereocenters. The minimum Gasteiger partial charge on any atom is -0.0834 e. The van der Waals surface area contributed by atoms with Gasteiger partial charge < -0.3 is 0 Å². The standard InChI is InChI=1S/2C4H4Cl2/c2*1-3(5)4(2)6/h2*1-2H2. The molecule has 0 aliphatic heterocycles. The Kier molecular flexibility index (Phi) is 9.45. The van der Waals surface area contributed by atoms with Crippen LogP contribution >= 0.6 is 46.4 Å². The predicted molar refractivity (Wildman–Crippen MR) is 60.0 cm³/mol. The monoisotopic (exact) mass is 244 g/mol. The third-order valence-corrected chi connectivity index (χ3v) is 1.69. The molecule has 0 heterocycles. The van der Waals surface area contributed by atoms with Crippen molar-refractivity contribution in [2.45, 2.75) is 0 Å². The van der Waals surface area contributed by atoms with E-state index < -0.39 is 0 Å². The molecule has 0 aromatic carbocycles. The molecule has 0 aromatic rings. The van der Waals surface area contributed by atoms with Crippen LogP contribution in [0.25, 0.3) is 0 Å². The van der Waals surface area contributed by atoms with Crippen LogP contribution in [-0.4, -0.2) is 0 Å². The van der Waals surface area contributed by atoms with Crippen LogP contribution in [0.2, 0.25) is 0 Å². The maximum absolute atomic E-state index is 5.19. The SMILES string of the molecule is C=C(Cl)C(=C)Cl.C=C(Cl)C(=C)Cl. The summed E-state index contributed by atoms with van der Waals surface area (Å²) < 4.78 is 0. The molecule has 0 aliphatic carbocycles. The van der Waals surface area contributed by atoms with Gasteiger partial charge in [0.05, 0.1) is 20.1 Å². The van der Waals surface area contributed by atoms with E-state index in [9.17, 15) is 0 Å². The Hall–Kier alpha value is 0.120. The molecule has 0 nitrogen and oxygen atoms in total. The first-order valence-electron chi connectivity index (χ1n) is 2.67. The number of rotatable bonds is 2. The average Bonchev–Trinajstić information content (AvgIpc) is 1.88. The molecule has 0 N–H and O–H groups in total. The Bertz CT molecular complexity index is 167. The van der Waals surface area contributed by atoms with Crippen molar-refractivity contribution in [1.29, 1.82) is 0 Å². The molecule has 0 aromatic heterocycles. The summed E-state index contributed by atoms with van der Waals surface area (Å²) in [6.07, 6.45) is 0. The molecule has 0 aliphatic rings. The fourth-order valence-electron chi connectivity index (χ4n) is 0. The van der Waals surface area contributed by atoms with Gasteiger partial charge in [-0.25, -0.2) is 0 Å². The minimum absolute atomic E-state index is 0.302. The van der Waals surface area contributed by atoms with E-state index in [0.29, 0.717) is 20.1 Å². The van der Waals surface area contributed by atoms with Crippen LogP contribution in [0.1, 0.15) is 0 Å². The van der Waals surface area contributed by atoms with Gasteiger partial charge in [-0.1, -0.05) is 72.7 Å². The zero-order chi connectivity index (χ0) is 10.3. The van der Waals surface area contributed by atoms with E-state index >= 15 is 0 Å². The Morgan fingerprint density at radius 1 is 0.500 bits per heavy atom. The molecule has 0 bridgehead atoms. The van der Waals surface area contributed by atoms with E-state index in [-0.39, 0.29) is 0 Å². The highest BCUT2D eigenvalue weighted by molar-refractivity contribution is 6.43. The van der Waals surface area contributed by atoms with Crippen molar-refractivity contribution < 1.29 is 0 Å². The predicted octanol–water partition coefficient (Wildman–Crippen LogP) is 4.98. The minimum atomic E-state index is 0.302. The molecule has 0 spiro atoms. The van der Waals surface area contributed by atoms with Crippen LogP contribution in [0.5, 0.6) is 0 Å². The van der Waals surface area contributed by atoms with Gasteiger partial charge in [-0.15, -0.1) is 0 Å². The smallest absolute Gasteiger partial charge is 0.0514 e. The van der Waals surface area contributed by atoms with E-state index in [4.69, 9.17) is 46.4 Å². The van der Waals surface area contributed by atoms with Crippen LogP contribution in [0.3, 0.4) is 0 Å². The van der Waals surface area contributed by atoms with E-state index in [0.717, 1.165) is 0 Å². The highest BCUT2D eigenvalue weighted by atomic mass is 35.5.